The van der Waals surface area contributed by atoms with Crippen LogP contribution in [0.15, 0.2) is 0 Å². The van der Waals surface area contributed by atoms with Crippen molar-refractivity contribution in [2.24, 2.45) is 5.73 Å². The largest absolute Gasteiger partial charge is 0.368 e. The molecule has 2 aliphatic heterocycles. The van der Waals surface area contributed by atoms with E-state index in [1.54, 1.807) is 0 Å². The van der Waals surface area contributed by atoms with Gasteiger partial charge in [-0.25, -0.2) is 0 Å². The van der Waals surface area contributed by atoms with Crippen molar-refractivity contribution in [3.63, 3.8) is 0 Å². The van der Waals surface area contributed by atoms with E-state index in [9.17, 15) is 4.79 Å². The molecule has 3 N–H and O–H groups in total. The summed E-state index contributed by atoms with van der Waals surface area (Å²) in [6.45, 7) is 4.23. The highest BCUT2D eigenvalue weighted by Crippen LogP contribution is 2.11. The van der Waals surface area contributed by atoms with Gasteiger partial charge in [0, 0.05) is 26.2 Å². The van der Waals surface area contributed by atoms with E-state index >= 15 is 0 Å². The maximum atomic E-state index is 11.3. The Hall–Kier alpha value is -0.690. The minimum atomic E-state index is -0.265. The molecule has 1 amide bonds. The van der Waals surface area contributed by atoms with Gasteiger partial charge in [0.25, 0.3) is 0 Å². The number of carbonyl (C=O) groups is 1. The molecule has 2 rings (SSSR count). The van der Waals surface area contributed by atoms with Crippen LogP contribution in [0.4, 0.5) is 0 Å². The molecule has 2 heterocycles. The number of hydrogen-bond acceptors (Lipinski definition) is 5. The maximum absolute atomic E-state index is 11.3. The molecule has 2 fully saturated rings. The lowest BCUT2D eigenvalue weighted by Crippen LogP contribution is -2.58. The van der Waals surface area contributed by atoms with Gasteiger partial charge in [-0.15, -0.1) is 0 Å². The third-order valence-electron chi connectivity index (χ3n) is 3.09. The van der Waals surface area contributed by atoms with E-state index in [0.29, 0.717) is 13.3 Å². The molecule has 0 saturated carbocycles. The van der Waals surface area contributed by atoms with E-state index in [4.69, 9.17) is 15.2 Å². The highest BCUT2D eigenvalue weighted by atomic mass is 16.7. The molecule has 2 aliphatic rings. The summed E-state index contributed by atoms with van der Waals surface area (Å²) in [6.07, 6.45) is 1.05. The summed E-state index contributed by atoms with van der Waals surface area (Å²) in [7, 11) is 0. The van der Waals surface area contributed by atoms with Gasteiger partial charge in [0.05, 0.1) is 12.7 Å². The Morgan fingerprint density at radius 1 is 1.56 bits per heavy atom. The van der Waals surface area contributed by atoms with Gasteiger partial charge in [-0.3, -0.25) is 9.69 Å². The second kappa shape index (κ2) is 5.58. The van der Waals surface area contributed by atoms with Gasteiger partial charge < -0.3 is 20.5 Å². The summed E-state index contributed by atoms with van der Waals surface area (Å²) in [5.74, 6) is -0.265. The zero-order valence-electron chi connectivity index (χ0n) is 9.35. The van der Waals surface area contributed by atoms with Gasteiger partial charge in [0.15, 0.2) is 0 Å². The minimum Gasteiger partial charge on any atom is -0.368 e. The average molecular weight is 229 g/mol. The SMILES string of the molecule is NC(=O)C1CNCCN1CC1CCOCO1. The van der Waals surface area contributed by atoms with Gasteiger partial charge in [-0.05, 0) is 6.42 Å². The van der Waals surface area contributed by atoms with Gasteiger partial charge in [0.2, 0.25) is 5.91 Å². The number of amides is 1. The molecule has 92 valence electrons. The van der Waals surface area contributed by atoms with Crippen LogP contribution < -0.4 is 11.1 Å². The summed E-state index contributed by atoms with van der Waals surface area (Å²) in [5.41, 5.74) is 5.38. The predicted octanol–water partition coefficient (Wildman–Crippen LogP) is -1.49. The number of piperazine rings is 1. The molecule has 2 unspecified atom stereocenters. The van der Waals surface area contributed by atoms with Crippen LogP contribution in [0.5, 0.6) is 0 Å². The van der Waals surface area contributed by atoms with E-state index in [-0.39, 0.29) is 18.1 Å². The Morgan fingerprint density at radius 2 is 2.44 bits per heavy atom. The summed E-state index contributed by atoms with van der Waals surface area (Å²) in [6, 6.07) is -0.208. The van der Waals surface area contributed by atoms with Crippen molar-refractivity contribution < 1.29 is 14.3 Å². The fourth-order valence-corrected chi connectivity index (χ4v) is 2.15. The first kappa shape index (κ1) is 11.8. The van der Waals surface area contributed by atoms with Crippen molar-refractivity contribution in [1.82, 2.24) is 10.2 Å². The lowest BCUT2D eigenvalue weighted by Gasteiger charge is -2.37. The maximum Gasteiger partial charge on any atom is 0.236 e. The molecule has 0 spiro atoms. The Balaban J connectivity index is 1.87. The molecule has 0 radical (unpaired) electrons. The molecular formula is C10H19N3O3. The van der Waals surface area contributed by atoms with Gasteiger partial charge in [-0.2, -0.15) is 0 Å². The van der Waals surface area contributed by atoms with Crippen molar-refractivity contribution >= 4 is 5.91 Å². The van der Waals surface area contributed by atoms with Crippen LogP contribution >= 0.6 is 0 Å². The topological polar surface area (TPSA) is 76.8 Å². The van der Waals surface area contributed by atoms with Gasteiger partial charge >= 0.3 is 0 Å². The lowest BCUT2D eigenvalue weighted by molar-refractivity contribution is -0.149. The van der Waals surface area contributed by atoms with Crippen molar-refractivity contribution in [1.29, 1.82) is 0 Å². The standard InChI is InChI=1S/C10H19N3O3/c11-10(14)9-5-12-2-3-13(9)6-8-1-4-15-7-16-8/h8-9,12H,1-7H2,(H2,11,14). The Kier molecular flexibility index (Phi) is 4.11. The smallest absolute Gasteiger partial charge is 0.236 e. The fraction of sp³-hybridized carbons (Fsp3) is 0.900. The van der Waals surface area contributed by atoms with E-state index in [1.165, 1.54) is 0 Å². The van der Waals surface area contributed by atoms with Crippen molar-refractivity contribution in [3.8, 4) is 0 Å². The first-order valence-electron chi connectivity index (χ1n) is 5.71. The number of hydrogen-bond donors (Lipinski definition) is 2. The van der Waals surface area contributed by atoms with E-state index < -0.39 is 0 Å². The molecular weight excluding hydrogens is 210 g/mol. The molecule has 16 heavy (non-hydrogen) atoms. The van der Waals surface area contributed by atoms with Crippen LogP contribution in [0.2, 0.25) is 0 Å². The van der Waals surface area contributed by atoms with Crippen LogP contribution in [0, 0.1) is 0 Å². The quantitative estimate of drug-likeness (QED) is 0.616. The second-order valence-electron chi connectivity index (χ2n) is 4.22. The highest BCUT2D eigenvalue weighted by Gasteiger charge is 2.29. The molecule has 2 saturated heterocycles. The number of carbonyl (C=O) groups excluding carboxylic acids is 1. The normalized spacial score (nSPS) is 32.5. The summed E-state index contributed by atoms with van der Waals surface area (Å²) in [5, 5.41) is 3.18. The van der Waals surface area contributed by atoms with Crippen LogP contribution in [0.25, 0.3) is 0 Å². The zero-order valence-corrected chi connectivity index (χ0v) is 9.35. The third-order valence-corrected chi connectivity index (χ3v) is 3.09. The minimum absolute atomic E-state index is 0.161. The number of nitrogens with zero attached hydrogens (tertiary/aromatic N) is 1. The molecule has 0 aromatic heterocycles. The molecule has 0 aromatic rings. The monoisotopic (exact) mass is 229 g/mol. The van der Waals surface area contributed by atoms with Crippen molar-refractivity contribution in [3.05, 3.63) is 0 Å². The van der Waals surface area contributed by atoms with Crippen molar-refractivity contribution in [2.75, 3.05) is 39.6 Å². The van der Waals surface area contributed by atoms with Crippen LogP contribution in [-0.4, -0.2) is 62.5 Å². The number of primary amides is 1. The van der Waals surface area contributed by atoms with Crippen LogP contribution in [-0.2, 0) is 14.3 Å². The first-order valence-corrected chi connectivity index (χ1v) is 5.71. The summed E-state index contributed by atoms with van der Waals surface area (Å²) in [4.78, 5) is 13.4. The van der Waals surface area contributed by atoms with Gasteiger partial charge in [0.1, 0.15) is 12.8 Å². The van der Waals surface area contributed by atoms with E-state index in [1.807, 2.05) is 0 Å². The summed E-state index contributed by atoms with van der Waals surface area (Å²) >= 11 is 0. The van der Waals surface area contributed by atoms with Crippen molar-refractivity contribution in [2.45, 2.75) is 18.6 Å². The number of ether oxygens (including phenoxy) is 2. The Bertz CT molecular complexity index is 243. The average Bonchev–Trinajstić information content (AvgIpc) is 2.31. The molecule has 0 aromatic carbocycles. The Labute approximate surface area is 95.1 Å². The van der Waals surface area contributed by atoms with E-state index in [0.717, 1.165) is 32.7 Å². The summed E-state index contributed by atoms with van der Waals surface area (Å²) < 4.78 is 10.6. The van der Waals surface area contributed by atoms with Crippen LogP contribution in [0.1, 0.15) is 6.42 Å². The highest BCUT2D eigenvalue weighted by molar-refractivity contribution is 5.80. The first-order chi connectivity index (χ1) is 7.77. The second-order valence-corrected chi connectivity index (χ2v) is 4.22. The van der Waals surface area contributed by atoms with Crippen LogP contribution in [0.3, 0.4) is 0 Å². The van der Waals surface area contributed by atoms with E-state index in [2.05, 4.69) is 10.2 Å². The number of nitrogens with two attached hydrogens (primary N) is 1. The lowest BCUT2D eigenvalue weighted by atomic mass is 10.1. The number of rotatable bonds is 3. The Morgan fingerprint density at radius 3 is 3.12 bits per heavy atom. The predicted molar refractivity (Wildman–Crippen MR) is 57.7 cm³/mol. The third kappa shape index (κ3) is 2.91. The molecule has 0 bridgehead atoms. The van der Waals surface area contributed by atoms with Gasteiger partial charge in [-0.1, -0.05) is 0 Å². The molecule has 2 atom stereocenters. The fourth-order valence-electron chi connectivity index (χ4n) is 2.15. The molecule has 6 nitrogen and oxygen atoms in total. The number of nitrogens with one attached hydrogen (secondary N) is 1. The molecule has 6 heteroatoms. The molecule has 0 aliphatic carbocycles. The zero-order chi connectivity index (χ0) is 11.4.